The normalized spacial score (nSPS) is 13.0. The highest BCUT2D eigenvalue weighted by Gasteiger charge is 2.51. The minimum absolute atomic E-state index is 0.372. The average Bonchev–Trinajstić information content (AvgIpc) is 3.99. The summed E-state index contributed by atoms with van der Waals surface area (Å²) in [6.07, 6.45) is 0. The van der Waals surface area contributed by atoms with Crippen molar-refractivity contribution in [1.82, 2.24) is 15.0 Å². The van der Waals surface area contributed by atoms with E-state index in [2.05, 4.69) is 152 Å². The van der Waals surface area contributed by atoms with Gasteiger partial charge in [0.15, 0.2) is 17.5 Å². The number of aromatic nitrogens is 3. The van der Waals surface area contributed by atoms with Crippen LogP contribution in [0.2, 0.25) is 0 Å². The molecule has 2 aliphatic rings. The lowest BCUT2D eigenvalue weighted by atomic mass is 9.70. The van der Waals surface area contributed by atoms with E-state index in [1.54, 1.807) is 0 Å². The number of rotatable bonds is 5. The van der Waals surface area contributed by atoms with Crippen molar-refractivity contribution < 1.29 is 4.42 Å². The molecule has 0 atom stereocenters. The van der Waals surface area contributed by atoms with Crippen molar-refractivity contribution in [2.75, 3.05) is 0 Å². The van der Waals surface area contributed by atoms with Crippen LogP contribution in [0.5, 0.6) is 0 Å². The Balaban J connectivity index is 0.911. The highest BCUT2D eigenvalue weighted by molar-refractivity contribution is 6.09. The van der Waals surface area contributed by atoms with Gasteiger partial charge in [-0.3, -0.25) is 0 Å². The summed E-state index contributed by atoms with van der Waals surface area (Å²) in [6, 6.07) is 75.7. The molecule has 9 aromatic carbocycles. The molecule has 11 aromatic rings. The van der Waals surface area contributed by atoms with E-state index < -0.39 is 0 Å². The first-order valence-electron chi connectivity index (χ1n) is 21.1. The lowest BCUT2D eigenvalue weighted by Crippen LogP contribution is -2.25. The van der Waals surface area contributed by atoms with Gasteiger partial charge in [-0.1, -0.05) is 194 Å². The van der Waals surface area contributed by atoms with Gasteiger partial charge in [-0.2, -0.15) is 0 Å². The van der Waals surface area contributed by atoms with E-state index in [1.807, 2.05) is 60.7 Å². The number of hydrogen-bond acceptors (Lipinski definition) is 4. The standard InChI is InChI=1S/C58H35N3O/c1-2-15-38(16-3-1)55-59-56(61-57(60-55)47-25-13-24-45-44-21-7-11-30-52(44)62-54(45)47)40-18-12-17-39(35-40)36-31-33-37(34-32-36)41-23-14-29-51-53(41)46-22-6-10-28-50(46)58(51)48-26-8-4-19-42(48)43-20-5-9-27-49(43)58/h1-35H. The number of benzene rings is 9. The second kappa shape index (κ2) is 13.4. The molecule has 0 N–H and O–H groups in total. The largest absolute Gasteiger partial charge is 0.455 e. The molecule has 288 valence electrons. The third-order valence-electron chi connectivity index (χ3n) is 13.0. The van der Waals surface area contributed by atoms with Crippen molar-refractivity contribution in [3.8, 4) is 78.7 Å². The van der Waals surface area contributed by atoms with Gasteiger partial charge in [-0.25, -0.2) is 15.0 Å². The van der Waals surface area contributed by atoms with Gasteiger partial charge in [0.1, 0.15) is 11.2 Å². The minimum Gasteiger partial charge on any atom is -0.455 e. The van der Waals surface area contributed by atoms with Crippen LogP contribution in [-0.2, 0) is 5.41 Å². The number of furan rings is 1. The van der Waals surface area contributed by atoms with E-state index in [4.69, 9.17) is 19.4 Å². The fourth-order valence-electron chi connectivity index (χ4n) is 10.3. The van der Waals surface area contributed by atoms with Gasteiger partial charge in [-0.05, 0) is 85.0 Å². The predicted octanol–water partition coefficient (Wildman–Crippen LogP) is 14.4. The molecule has 1 spiro atoms. The van der Waals surface area contributed by atoms with E-state index in [9.17, 15) is 0 Å². The molecule has 0 fully saturated rings. The van der Waals surface area contributed by atoms with Crippen LogP contribution < -0.4 is 0 Å². The first kappa shape index (κ1) is 34.6. The lowest BCUT2D eigenvalue weighted by Gasteiger charge is -2.30. The van der Waals surface area contributed by atoms with Gasteiger partial charge >= 0.3 is 0 Å². The van der Waals surface area contributed by atoms with Crippen molar-refractivity contribution in [3.63, 3.8) is 0 Å². The first-order chi connectivity index (χ1) is 30.7. The highest BCUT2D eigenvalue weighted by Crippen LogP contribution is 2.63. The Morgan fingerprint density at radius 2 is 0.806 bits per heavy atom. The quantitative estimate of drug-likeness (QED) is 0.174. The topological polar surface area (TPSA) is 51.8 Å². The molecular weight excluding hydrogens is 755 g/mol. The van der Waals surface area contributed by atoms with Gasteiger partial charge in [0.05, 0.1) is 11.0 Å². The molecule has 4 heteroatoms. The van der Waals surface area contributed by atoms with Gasteiger partial charge in [0.2, 0.25) is 0 Å². The predicted molar refractivity (Wildman–Crippen MR) is 251 cm³/mol. The second-order valence-electron chi connectivity index (χ2n) is 16.2. The van der Waals surface area contributed by atoms with Gasteiger partial charge in [0, 0.05) is 21.9 Å². The zero-order chi connectivity index (χ0) is 40.8. The number of para-hydroxylation sites is 2. The highest BCUT2D eigenvalue weighted by atomic mass is 16.3. The van der Waals surface area contributed by atoms with Crippen LogP contribution in [-0.4, -0.2) is 15.0 Å². The van der Waals surface area contributed by atoms with Crippen LogP contribution in [0.25, 0.3) is 101 Å². The molecule has 0 saturated heterocycles. The fourth-order valence-corrected chi connectivity index (χ4v) is 10.3. The lowest BCUT2D eigenvalue weighted by molar-refractivity contribution is 0.669. The van der Waals surface area contributed by atoms with E-state index in [0.29, 0.717) is 17.5 Å². The Morgan fingerprint density at radius 3 is 1.58 bits per heavy atom. The molecule has 0 unspecified atom stereocenters. The van der Waals surface area contributed by atoms with Crippen LogP contribution in [0.15, 0.2) is 217 Å². The molecule has 62 heavy (non-hydrogen) atoms. The zero-order valence-electron chi connectivity index (χ0n) is 33.5. The summed E-state index contributed by atoms with van der Waals surface area (Å²) in [5.41, 5.74) is 19.1. The number of fused-ring (bicyclic) bond motifs is 13. The van der Waals surface area contributed by atoms with Crippen molar-refractivity contribution in [2.45, 2.75) is 5.41 Å². The Kier molecular flexibility index (Phi) is 7.49. The molecule has 2 aromatic heterocycles. The van der Waals surface area contributed by atoms with E-state index in [0.717, 1.165) is 49.8 Å². The van der Waals surface area contributed by atoms with Crippen molar-refractivity contribution in [2.24, 2.45) is 0 Å². The molecule has 2 aliphatic carbocycles. The Hall–Kier alpha value is -8.21. The third kappa shape index (κ3) is 4.98. The van der Waals surface area contributed by atoms with Crippen LogP contribution in [0, 0.1) is 0 Å². The monoisotopic (exact) mass is 789 g/mol. The molecule has 4 nitrogen and oxygen atoms in total. The summed E-state index contributed by atoms with van der Waals surface area (Å²) in [4.78, 5) is 15.2. The minimum atomic E-state index is -0.372. The van der Waals surface area contributed by atoms with E-state index in [1.165, 1.54) is 55.6 Å². The molecule has 0 aliphatic heterocycles. The second-order valence-corrected chi connectivity index (χ2v) is 16.2. The van der Waals surface area contributed by atoms with Gasteiger partial charge in [0.25, 0.3) is 0 Å². The Labute approximate surface area is 358 Å². The number of hydrogen-bond donors (Lipinski definition) is 0. The van der Waals surface area contributed by atoms with Crippen LogP contribution in [0.3, 0.4) is 0 Å². The third-order valence-corrected chi connectivity index (χ3v) is 13.0. The Bertz CT molecular complexity index is 3540. The first-order valence-corrected chi connectivity index (χ1v) is 21.1. The van der Waals surface area contributed by atoms with Gasteiger partial charge < -0.3 is 4.42 Å². The maximum atomic E-state index is 6.44. The molecule has 0 bridgehead atoms. The molecule has 0 saturated carbocycles. The van der Waals surface area contributed by atoms with Crippen molar-refractivity contribution in [1.29, 1.82) is 0 Å². The van der Waals surface area contributed by atoms with Crippen LogP contribution in [0.1, 0.15) is 22.3 Å². The molecule has 0 radical (unpaired) electrons. The van der Waals surface area contributed by atoms with E-state index >= 15 is 0 Å². The summed E-state index contributed by atoms with van der Waals surface area (Å²) in [5, 5.41) is 2.10. The summed E-state index contributed by atoms with van der Waals surface area (Å²) in [5.74, 6) is 1.77. The molecule has 13 rings (SSSR count). The summed E-state index contributed by atoms with van der Waals surface area (Å²) >= 11 is 0. The SMILES string of the molecule is c1ccc(-c2nc(-c3cccc(-c4ccc(-c5cccc6c5-c5ccccc5C65c6ccccc6-c6ccccc65)cc4)c3)nc(-c3cccc4c3oc3ccccc34)n2)cc1. The van der Waals surface area contributed by atoms with Crippen LogP contribution >= 0.6 is 0 Å². The molecule has 0 amide bonds. The van der Waals surface area contributed by atoms with E-state index in [-0.39, 0.29) is 5.41 Å². The maximum absolute atomic E-state index is 6.44. The maximum Gasteiger partial charge on any atom is 0.167 e. The zero-order valence-corrected chi connectivity index (χ0v) is 33.5. The summed E-state index contributed by atoms with van der Waals surface area (Å²) in [7, 11) is 0. The summed E-state index contributed by atoms with van der Waals surface area (Å²) < 4.78 is 6.44. The molecular formula is C58H35N3O. The average molecular weight is 790 g/mol. The molecule has 2 heterocycles. The van der Waals surface area contributed by atoms with Crippen molar-refractivity contribution in [3.05, 3.63) is 235 Å². The van der Waals surface area contributed by atoms with Crippen LogP contribution in [0.4, 0.5) is 0 Å². The summed E-state index contributed by atoms with van der Waals surface area (Å²) in [6.45, 7) is 0. The fraction of sp³-hybridized carbons (Fsp3) is 0.0172. The smallest absolute Gasteiger partial charge is 0.167 e. The van der Waals surface area contributed by atoms with Crippen molar-refractivity contribution >= 4 is 21.9 Å². The van der Waals surface area contributed by atoms with Gasteiger partial charge in [-0.15, -0.1) is 0 Å². The Morgan fingerprint density at radius 1 is 0.306 bits per heavy atom. The number of nitrogens with zero attached hydrogens (tertiary/aromatic N) is 3.